The van der Waals surface area contributed by atoms with E-state index in [-0.39, 0.29) is 11.5 Å². The molecule has 1 amide bonds. The van der Waals surface area contributed by atoms with Gasteiger partial charge in [0.1, 0.15) is 0 Å². The Morgan fingerprint density at radius 2 is 1.82 bits per heavy atom. The van der Waals surface area contributed by atoms with E-state index in [9.17, 15) is 14.7 Å². The van der Waals surface area contributed by atoms with Gasteiger partial charge in [-0.3, -0.25) is 5.32 Å². The van der Waals surface area contributed by atoms with Crippen LogP contribution in [-0.4, -0.2) is 42.6 Å². The molecule has 8 heteroatoms. The number of carboxylic acids is 1. The van der Waals surface area contributed by atoms with E-state index in [4.69, 9.17) is 19.3 Å². The smallest absolute Gasteiger partial charge is 0.412 e. The highest BCUT2D eigenvalue weighted by molar-refractivity contribution is 6.00. The van der Waals surface area contributed by atoms with Gasteiger partial charge < -0.3 is 24.4 Å². The van der Waals surface area contributed by atoms with E-state index in [1.165, 1.54) is 26.4 Å². The molecule has 3 rings (SSSR count). The molecular formula is C26H27NO7. The maximum Gasteiger partial charge on any atom is 0.412 e. The maximum absolute atomic E-state index is 12.9. The van der Waals surface area contributed by atoms with Crippen molar-refractivity contribution in [3.63, 3.8) is 0 Å². The minimum absolute atomic E-state index is 0.108. The van der Waals surface area contributed by atoms with Gasteiger partial charge in [-0.2, -0.15) is 0 Å². The fourth-order valence-corrected chi connectivity index (χ4v) is 3.67. The highest BCUT2D eigenvalue weighted by Gasteiger charge is 2.28. The van der Waals surface area contributed by atoms with Crippen molar-refractivity contribution in [1.82, 2.24) is 0 Å². The summed E-state index contributed by atoms with van der Waals surface area (Å²) >= 11 is 0. The van der Waals surface area contributed by atoms with Crippen molar-refractivity contribution in [2.45, 2.75) is 25.0 Å². The van der Waals surface area contributed by atoms with Gasteiger partial charge in [0.2, 0.25) is 0 Å². The SMILES string of the molecule is COc1ccc([C@H](OC(=O)Nc2cccc3ccccc23)[C@H](CC/C=C/C(=O)O)OC)cc1O. The molecule has 0 aliphatic carbocycles. The Labute approximate surface area is 197 Å². The molecule has 0 unspecified atom stereocenters. The van der Waals surface area contributed by atoms with Crippen LogP contribution in [0.3, 0.4) is 0 Å². The zero-order valence-corrected chi connectivity index (χ0v) is 18.9. The Morgan fingerprint density at radius 1 is 1.06 bits per heavy atom. The summed E-state index contributed by atoms with van der Waals surface area (Å²) in [6.45, 7) is 0. The first-order valence-electron chi connectivity index (χ1n) is 10.7. The Hall–Kier alpha value is -4.04. The van der Waals surface area contributed by atoms with E-state index in [1.54, 1.807) is 18.2 Å². The molecule has 0 saturated carbocycles. The van der Waals surface area contributed by atoms with Gasteiger partial charge in [0.25, 0.3) is 0 Å². The molecule has 0 saturated heterocycles. The number of anilines is 1. The fourth-order valence-electron chi connectivity index (χ4n) is 3.67. The van der Waals surface area contributed by atoms with Crippen LogP contribution in [0.4, 0.5) is 10.5 Å². The molecule has 0 bridgehead atoms. The topological polar surface area (TPSA) is 114 Å². The van der Waals surface area contributed by atoms with Gasteiger partial charge in [0, 0.05) is 18.6 Å². The number of hydrogen-bond acceptors (Lipinski definition) is 6. The van der Waals surface area contributed by atoms with Crippen molar-refractivity contribution < 1.29 is 34.0 Å². The number of carbonyl (C=O) groups excluding carboxylic acids is 1. The van der Waals surface area contributed by atoms with Gasteiger partial charge in [0.15, 0.2) is 17.6 Å². The standard InChI is InChI=1S/C26H27NO7/c1-32-22-15-14-18(16-21(22)28)25(23(33-2)12-5-6-13-24(29)30)34-26(31)27-20-11-7-9-17-8-3-4-10-19(17)20/h3-4,6-11,13-16,23,25,28H,5,12H2,1-2H3,(H,27,31)(H,29,30)/b13-6+/t23-,25-/m0/s1. The van der Waals surface area contributed by atoms with Gasteiger partial charge in [-0.05, 0) is 42.0 Å². The third-order valence-electron chi connectivity index (χ3n) is 5.31. The molecule has 0 aliphatic heterocycles. The molecule has 0 spiro atoms. The summed E-state index contributed by atoms with van der Waals surface area (Å²) in [5.74, 6) is -0.874. The second-order valence-corrected chi connectivity index (χ2v) is 7.50. The summed E-state index contributed by atoms with van der Waals surface area (Å²) in [4.78, 5) is 23.7. The lowest BCUT2D eigenvalue weighted by molar-refractivity contribution is -0.131. The van der Waals surface area contributed by atoms with Gasteiger partial charge in [-0.25, -0.2) is 9.59 Å². The number of carbonyl (C=O) groups is 2. The van der Waals surface area contributed by atoms with E-state index in [2.05, 4.69) is 5.32 Å². The summed E-state index contributed by atoms with van der Waals surface area (Å²) < 4.78 is 16.5. The number of ether oxygens (including phenoxy) is 3. The minimum atomic E-state index is -1.05. The molecule has 178 valence electrons. The molecule has 0 radical (unpaired) electrons. The monoisotopic (exact) mass is 465 g/mol. The molecule has 0 aliphatic rings. The van der Waals surface area contributed by atoms with Crippen molar-refractivity contribution in [2.75, 3.05) is 19.5 Å². The normalized spacial score (nSPS) is 12.9. The van der Waals surface area contributed by atoms with Crippen LogP contribution in [0.15, 0.2) is 72.8 Å². The van der Waals surface area contributed by atoms with Crippen LogP contribution >= 0.6 is 0 Å². The van der Waals surface area contributed by atoms with E-state index in [0.717, 1.165) is 16.8 Å². The first kappa shape index (κ1) is 24.6. The number of aliphatic carboxylic acids is 1. The maximum atomic E-state index is 12.9. The van der Waals surface area contributed by atoms with Gasteiger partial charge in [-0.1, -0.05) is 48.5 Å². The number of benzene rings is 3. The number of fused-ring (bicyclic) bond motifs is 1. The van der Waals surface area contributed by atoms with E-state index >= 15 is 0 Å². The van der Waals surface area contributed by atoms with Crippen LogP contribution in [0.5, 0.6) is 11.5 Å². The number of amides is 1. The van der Waals surface area contributed by atoms with Crippen molar-refractivity contribution in [3.05, 3.63) is 78.4 Å². The molecule has 2 atom stereocenters. The number of nitrogens with one attached hydrogen (secondary N) is 1. The molecule has 3 N–H and O–H groups in total. The summed E-state index contributed by atoms with van der Waals surface area (Å²) in [7, 11) is 2.92. The number of allylic oxidation sites excluding steroid dienone is 1. The van der Waals surface area contributed by atoms with Gasteiger partial charge in [-0.15, -0.1) is 0 Å². The third-order valence-corrected chi connectivity index (χ3v) is 5.31. The summed E-state index contributed by atoms with van der Waals surface area (Å²) in [5, 5.41) is 23.7. The van der Waals surface area contributed by atoms with Crippen LogP contribution in [-0.2, 0) is 14.3 Å². The predicted molar refractivity (Wildman–Crippen MR) is 128 cm³/mol. The number of rotatable bonds is 10. The lowest BCUT2D eigenvalue weighted by Crippen LogP contribution is -2.28. The molecule has 0 fully saturated rings. The minimum Gasteiger partial charge on any atom is -0.504 e. The van der Waals surface area contributed by atoms with Crippen LogP contribution in [0.1, 0.15) is 24.5 Å². The molecule has 3 aromatic rings. The quantitative estimate of drug-likeness (QED) is 0.349. The zero-order chi connectivity index (χ0) is 24.5. The zero-order valence-electron chi connectivity index (χ0n) is 18.9. The summed E-state index contributed by atoms with van der Waals surface area (Å²) in [6.07, 6.45) is 1.14. The Kier molecular flexibility index (Phi) is 8.48. The molecule has 0 aromatic heterocycles. The van der Waals surface area contributed by atoms with Gasteiger partial charge in [0.05, 0.1) is 18.9 Å². The van der Waals surface area contributed by atoms with Crippen molar-refractivity contribution >= 4 is 28.5 Å². The van der Waals surface area contributed by atoms with Crippen LogP contribution in [0.25, 0.3) is 10.8 Å². The first-order chi connectivity index (χ1) is 16.4. The highest BCUT2D eigenvalue weighted by atomic mass is 16.6. The number of phenols is 1. The van der Waals surface area contributed by atoms with Crippen molar-refractivity contribution in [3.8, 4) is 11.5 Å². The van der Waals surface area contributed by atoms with Crippen molar-refractivity contribution in [1.29, 1.82) is 0 Å². The number of carboxylic acid groups (broad SMARTS) is 1. The average Bonchev–Trinajstić information content (AvgIpc) is 2.83. The van der Waals surface area contributed by atoms with Crippen molar-refractivity contribution in [2.24, 2.45) is 0 Å². The summed E-state index contributed by atoms with van der Waals surface area (Å²) in [5.41, 5.74) is 1.10. The number of methoxy groups -OCH3 is 2. The van der Waals surface area contributed by atoms with Crippen LogP contribution in [0, 0.1) is 0 Å². The highest BCUT2D eigenvalue weighted by Crippen LogP contribution is 2.34. The first-order valence-corrected chi connectivity index (χ1v) is 10.7. The second kappa shape index (κ2) is 11.7. The lowest BCUT2D eigenvalue weighted by Gasteiger charge is -2.26. The Morgan fingerprint density at radius 3 is 2.53 bits per heavy atom. The second-order valence-electron chi connectivity index (χ2n) is 7.50. The van der Waals surface area contributed by atoms with E-state index in [1.807, 2.05) is 36.4 Å². The molecule has 8 nitrogen and oxygen atoms in total. The summed E-state index contributed by atoms with van der Waals surface area (Å²) in [6, 6.07) is 17.9. The predicted octanol–water partition coefficient (Wildman–Crippen LogP) is 5.28. The molecular weight excluding hydrogens is 438 g/mol. The number of aromatic hydroxyl groups is 1. The van der Waals surface area contributed by atoms with Crippen LogP contribution in [0.2, 0.25) is 0 Å². The number of phenolic OH excluding ortho intramolecular Hbond substituents is 1. The molecule has 3 aromatic carbocycles. The van der Waals surface area contributed by atoms with E-state index in [0.29, 0.717) is 24.1 Å². The third kappa shape index (κ3) is 6.26. The number of hydrogen-bond donors (Lipinski definition) is 3. The fraction of sp³-hybridized carbons (Fsp3) is 0.231. The average molecular weight is 466 g/mol. The largest absolute Gasteiger partial charge is 0.504 e. The molecule has 0 heterocycles. The Balaban J connectivity index is 1.85. The lowest BCUT2D eigenvalue weighted by atomic mass is 9.99. The van der Waals surface area contributed by atoms with Gasteiger partial charge >= 0.3 is 12.1 Å². The van der Waals surface area contributed by atoms with Crippen LogP contribution < -0.4 is 10.1 Å². The van der Waals surface area contributed by atoms with E-state index < -0.39 is 24.3 Å². The molecule has 34 heavy (non-hydrogen) atoms. The Bertz CT molecular complexity index is 1170.